The van der Waals surface area contributed by atoms with Crippen molar-refractivity contribution >= 4 is 23.6 Å². The maximum Gasteiger partial charge on any atom is 0.252 e. The predicted molar refractivity (Wildman–Crippen MR) is 96.8 cm³/mol. The lowest BCUT2D eigenvalue weighted by atomic mass is 10.2. The van der Waals surface area contributed by atoms with E-state index in [1.807, 2.05) is 37.3 Å². The predicted octanol–water partition coefficient (Wildman–Crippen LogP) is 2.25. The average Bonchev–Trinajstić information content (AvgIpc) is 2.64. The molecular formula is C18H21N3O2S. The molecule has 6 heteroatoms. The van der Waals surface area contributed by atoms with Crippen molar-refractivity contribution in [1.82, 2.24) is 15.6 Å². The Hall–Kier alpha value is -2.34. The number of nitrogens with one attached hydrogen (secondary N) is 2. The monoisotopic (exact) mass is 343 g/mol. The second-order valence-electron chi connectivity index (χ2n) is 5.23. The normalized spacial score (nSPS) is 11.5. The van der Waals surface area contributed by atoms with Gasteiger partial charge in [0.05, 0.1) is 10.8 Å². The molecule has 2 N–H and O–H groups in total. The van der Waals surface area contributed by atoms with Crippen molar-refractivity contribution in [2.45, 2.75) is 17.9 Å². The second-order valence-corrected chi connectivity index (χ2v) is 6.56. The molecule has 0 spiro atoms. The first-order valence-corrected chi connectivity index (χ1v) is 8.83. The van der Waals surface area contributed by atoms with Gasteiger partial charge in [0.2, 0.25) is 5.91 Å². The summed E-state index contributed by atoms with van der Waals surface area (Å²) in [5.41, 5.74) is 1.71. The van der Waals surface area contributed by atoms with Crippen LogP contribution in [0.2, 0.25) is 0 Å². The highest BCUT2D eigenvalue weighted by molar-refractivity contribution is 7.99. The molecule has 0 fully saturated rings. The minimum atomic E-state index is -0.191. The number of aromatic nitrogens is 1. The van der Waals surface area contributed by atoms with Gasteiger partial charge in [0.1, 0.15) is 0 Å². The molecular weight excluding hydrogens is 322 g/mol. The highest BCUT2D eigenvalue weighted by Crippen LogP contribution is 2.17. The molecule has 2 rings (SSSR count). The number of hydrogen-bond acceptors (Lipinski definition) is 4. The summed E-state index contributed by atoms with van der Waals surface area (Å²) in [5, 5.41) is 5.45. The second kappa shape index (κ2) is 9.72. The number of hydrogen-bond donors (Lipinski definition) is 2. The number of benzene rings is 1. The van der Waals surface area contributed by atoms with E-state index < -0.39 is 0 Å². The third kappa shape index (κ3) is 6.04. The molecule has 0 saturated carbocycles. The van der Waals surface area contributed by atoms with E-state index in [0.717, 1.165) is 5.75 Å². The van der Waals surface area contributed by atoms with Crippen LogP contribution in [-0.4, -0.2) is 35.1 Å². The molecule has 0 saturated heterocycles. The summed E-state index contributed by atoms with van der Waals surface area (Å²) in [4.78, 5) is 27.7. The number of rotatable bonds is 8. The van der Waals surface area contributed by atoms with Gasteiger partial charge in [-0.3, -0.25) is 14.6 Å². The van der Waals surface area contributed by atoms with Crippen molar-refractivity contribution in [2.24, 2.45) is 0 Å². The fourth-order valence-corrected chi connectivity index (χ4v) is 2.85. The molecule has 24 heavy (non-hydrogen) atoms. The topological polar surface area (TPSA) is 71.1 Å². The molecule has 5 nitrogen and oxygen atoms in total. The fourth-order valence-electron chi connectivity index (χ4n) is 1.98. The minimum Gasteiger partial charge on any atom is -0.353 e. The van der Waals surface area contributed by atoms with E-state index in [0.29, 0.717) is 18.7 Å². The number of amides is 2. The van der Waals surface area contributed by atoms with Crippen molar-refractivity contribution < 1.29 is 9.59 Å². The molecule has 0 unspecified atom stereocenters. The molecule has 1 aromatic heterocycles. The molecule has 0 radical (unpaired) electrons. The van der Waals surface area contributed by atoms with Crippen LogP contribution in [0.3, 0.4) is 0 Å². The van der Waals surface area contributed by atoms with Crippen LogP contribution < -0.4 is 10.6 Å². The van der Waals surface area contributed by atoms with Crippen LogP contribution >= 0.6 is 11.8 Å². The van der Waals surface area contributed by atoms with Gasteiger partial charge in [-0.15, -0.1) is 11.8 Å². The van der Waals surface area contributed by atoms with Crippen LogP contribution in [0.15, 0.2) is 54.9 Å². The van der Waals surface area contributed by atoms with Gasteiger partial charge in [-0.05, 0) is 24.6 Å². The van der Waals surface area contributed by atoms with Gasteiger partial charge >= 0.3 is 0 Å². The molecule has 0 bridgehead atoms. The van der Waals surface area contributed by atoms with Crippen LogP contribution in [0.1, 0.15) is 22.8 Å². The van der Waals surface area contributed by atoms with Crippen LogP contribution in [0, 0.1) is 0 Å². The molecule has 2 aromatic rings. The molecule has 126 valence electrons. The molecule has 2 amide bonds. The van der Waals surface area contributed by atoms with Gasteiger partial charge < -0.3 is 10.6 Å². The summed E-state index contributed by atoms with van der Waals surface area (Å²) >= 11 is 1.59. The summed E-state index contributed by atoms with van der Waals surface area (Å²) < 4.78 is 0. The Bertz CT molecular complexity index is 650. The highest BCUT2D eigenvalue weighted by atomic mass is 32.2. The zero-order chi connectivity index (χ0) is 17.2. The summed E-state index contributed by atoms with van der Waals surface area (Å²) in [6.45, 7) is 2.67. The maximum absolute atomic E-state index is 12.0. The first-order chi connectivity index (χ1) is 11.7. The highest BCUT2D eigenvalue weighted by Gasteiger charge is 2.13. The van der Waals surface area contributed by atoms with E-state index in [-0.39, 0.29) is 17.1 Å². The van der Waals surface area contributed by atoms with Crippen molar-refractivity contribution in [3.8, 4) is 0 Å². The Morgan fingerprint density at radius 2 is 1.83 bits per heavy atom. The van der Waals surface area contributed by atoms with E-state index in [2.05, 4.69) is 15.6 Å². The van der Waals surface area contributed by atoms with Crippen molar-refractivity contribution in [2.75, 3.05) is 13.1 Å². The first-order valence-electron chi connectivity index (χ1n) is 7.78. The fraction of sp³-hybridized carbons (Fsp3) is 0.278. The Morgan fingerprint density at radius 1 is 1.08 bits per heavy atom. The van der Waals surface area contributed by atoms with Crippen LogP contribution in [-0.2, 0) is 10.5 Å². The van der Waals surface area contributed by atoms with Crippen LogP contribution in [0.25, 0.3) is 0 Å². The quantitative estimate of drug-likeness (QED) is 0.721. The third-order valence-corrected chi connectivity index (χ3v) is 4.56. The molecule has 0 aliphatic rings. The molecule has 0 aliphatic heterocycles. The van der Waals surface area contributed by atoms with Crippen LogP contribution in [0.5, 0.6) is 0 Å². The number of pyridine rings is 1. The van der Waals surface area contributed by atoms with Crippen molar-refractivity contribution in [3.63, 3.8) is 0 Å². The first kappa shape index (κ1) is 18.0. The van der Waals surface area contributed by atoms with E-state index in [9.17, 15) is 9.59 Å². The number of carbonyl (C=O) groups excluding carboxylic acids is 2. The van der Waals surface area contributed by atoms with Gasteiger partial charge in [-0.2, -0.15) is 0 Å². The van der Waals surface area contributed by atoms with Gasteiger partial charge in [0, 0.05) is 31.2 Å². The number of nitrogens with zero attached hydrogens (tertiary/aromatic N) is 1. The molecule has 1 atom stereocenters. The third-order valence-electron chi connectivity index (χ3n) is 3.35. The lowest BCUT2D eigenvalue weighted by Gasteiger charge is -2.12. The average molecular weight is 343 g/mol. The summed E-state index contributed by atoms with van der Waals surface area (Å²) in [6.07, 6.45) is 3.13. The van der Waals surface area contributed by atoms with Crippen molar-refractivity contribution in [3.05, 3.63) is 66.0 Å². The van der Waals surface area contributed by atoms with Crippen molar-refractivity contribution in [1.29, 1.82) is 0 Å². The molecule has 1 aromatic carbocycles. The Labute approximate surface area is 146 Å². The van der Waals surface area contributed by atoms with Crippen LogP contribution in [0.4, 0.5) is 0 Å². The Kier molecular flexibility index (Phi) is 7.29. The largest absolute Gasteiger partial charge is 0.353 e. The molecule has 1 heterocycles. The lowest BCUT2D eigenvalue weighted by molar-refractivity contribution is -0.120. The van der Waals surface area contributed by atoms with E-state index in [1.165, 1.54) is 11.8 Å². The maximum atomic E-state index is 12.0. The summed E-state index contributed by atoms with van der Waals surface area (Å²) in [5.74, 6) is 0.586. The van der Waals surface area contributed by atoms with E-state index in [4.69, 9.17) is 0 Å². The van der Waals surface area contributed by atoms with E-state index >= 15 is 0 Å². The lowest BCUT2D eigenvalue weighted by Crippen LogP contribution is -2.37. The van der Waals surface area contributed by atoms with Gasteiger partial charge in [-0.1, -0.05) is 30.3 Å². The van der Waals surface area contributed by atoms with Gasteiger partial charge in [0.15, 0.2) is 0 Å². The zero-order valence-electron chi connectivity index (χ0n) is 13.6. The summed E-state index contributed by atoms with van der Waals surface area (Å²) in [6, 6.07) is 13.5. The number of carbonyl (C=O) groups is 2. The molecule has 0 aliphatic carbocycles. The Morgan fingerprint density at radius 3 is 2.54 bits per heavy atom. The Balaban J connectivity index is 1.63. The summed E-state index contributed by atoms with van der Waals surface area (Å²) in [7, 11) is 0. The smallest absolute Gasteiger partial charge is 0.252 e. The van der Waals surface area contributed by atoms with Gasteiger partial charge in [0.25, 0.3) is 5.91 Å². The minimum absolute atomic E-state index is 0.0217. The zero-order valence-corrected chi connectivity index (χ0v) is 14.4. The standard InChI is InChI=1S/C18H21N3O2S/c1-14(24-13-15-6-3-2-4-7-15)17(22)20-10-11-21-18(23)16-8-5-9-19-12-16/h2-9,12,14H,10-11,13H2,1H3,(H,20,22)(H,21,23)/t14-/m1/s1. The van der Waals surface area contributed by atoms with E-state index in [1.54, 1.807) is 30.1 Å². The SMILES string of the molecule is C[C@@H](SCc1ccccc1)C(=O)NCCNC(=O)c1cccnc1. The number of thioether (sulfide) groups is 1. The van der Waals surface area contributed by atoms with Gasteiger partial charge in [-0.25, -0.2) is 0 Å².